The summed E-state index contributed by atoms with van der Waals surface area (Å²) in [4.78, 5) is 26.1. The number of hydrogen-bond acceptors (Lipinski definition) is 5. The predicted octanol–water partition coefficient (Wildman–Crippen LogP) is 16.6. The first-order valence-electron chi connectivity index (χ1n) is 27.4. The molecule has 0 aliphatic carbocycles. The molecule has 0 rings (SSSR count). The third kappa shape index (κ3) is 46.2. The zero-order valence-corrected chi connectivity index (χ0v) is 42.0. The van der Waals surface area contributed by atoms with Gasteiger partial charge in [-0.25, -0.2) is 0 Å². The molecule has 6 heteroatoms. The number of aliphatic hydroxyl groups is 2. The largest absolute Gasteiger partial charge is 0.458 e. The summed E-state index contributed by atoms with van der Waals surface area (Å²) < 4.78 is 5.83. The number of ether oxygens (including phenoxy) is 1. The maximum atomic E-state index is 13.2. The summed E-state index contributed by atoms with van der Waals surface area (Å²) in [6.07, 6.45) is 62.1. The monoisotopic (exact) mass is 884 g/mol. The molecule has 0 fully saturated rings. The first-order chi connectivity index (χ1) is 31.0. The zero-order valence-electron chi connectivity index (χ0n) is 42.0. The molecule has 0 radical (unpaired) electrons. The molecule has 0 aromatic carbocycles. The lowest BCUT2D eigenvalue weighted by atomic mass is 10.0. The van der Waals surface area contributed by atoms with Crippen LogP contribution in [0.3, 0.4) is 0 Å². The Morgan fingerprint density at radius 3 is 1.33 bits per heavy atom. The van der Waals surface area contributed by atoms with Crippen LogP contribution in [-0.2, 0) is 14.3 Å². The van der Waals surface area contributed by atoms with Gasteiger partial charge in [-0.3, -0.25) is 9.59 Å². The smallest absolute Gasteiger partial charge is 0.306 e. The minimum Gasteiger partial charge on any atom is -0.458 e. The van der Waals surface area contributed by atoms with Crippen LogP contribution in [0.5, 0.6) is 0 Å². The predicted molar refractivity (Wildman–Crippen MR) is 273 cm³/mol. The van der Waals surface area contributed by atoms with Crippen molar-refractivity contribution in [2.24, 2.45) is 0 Å². The number of hydrogen-bond donors (Lipinski definition) is 3. The van der Waals surface area contributed by atoms with Crippen LogP contribution in [0.15, 0.2) is 48.6 Å². The van der Waals surface area contributed by atoms with Crippen LogP contribution < -0.4 is 5.32 Å². The van der Waals surface area contributed by atoms with Gasteiger partial charge in [0.2, 0.25) is 5.91 Å². The number of carbonyl (C=O) groups is 2. The minimum absolute atomic E-state index is 0.0340. The topological polar surface area (TPSA) is 95.9 Å². The molecule has 0 aromatic heterocycles. The summed E-state index contributed by atoms with van der Waals surface area (Å²) in [5.41, 5.74) is 0. The van der Waals surface area contributed by atoms with E-state index >= 15 is 0 Å². The van der Waals surface area contributed by atoms with Crippen LogP contribution in [0.25, 0.3) is 0 Å². The van der Waals surface area contributed by atoms with Crippen molar-refractivity contribution in [3.05, 3.63) is 48.6 Å². The van der Waals surface area contributed by atoms with Gasteiger partial charge in [0.25, 0.3) is 0 Å². The molecular formula is C57H105NO5. The molecular weight excluding hydrogens is 779 g/mol. The molecule has 3 atom stereocenters. The molecule has 1 amide bonds. The van der Waals surface area contributed by atoms with Gasteiger partial charge in [0.05, 0.1) is 25.2 Å². The Labute approximate surface area is 391 Å². The first kappa shape index (κ1) is 60.8. The van der Waals surface area contributed by atoms with E-state index in [0.717, 1.165) is 64.2 Å². The zero-order chi connectivity index (χ0) is 45.9. The van der Waals surface area contributed by atoms with Crippen molar-refractivity contribution in [2.45, 2.75) is 296 Å². The quantitative estimate of drug-likeness (QED) is 0.0245. The molecule has 368 valence electrons. The van der Waals surface area contributed by atoms with E-state index in [2.05, 4.69) is 62.5 Å². The molecule has 0 bridgehead atoms. The average Bonchev–Trinajstić information content (AvgIpc) is 3.28. The van der Waals surface area contributed by atoms with Crippen LogP contribution in [0.1, 0.15) is 278 Å². The number of carbonyl (C=O) groups excluding carboxylic acids is 2. The van der Waals surface area contributed by atoms with E-state index in [4.69, 9.17) is 4.74 Å². The average molecular weight is 884 g/mol. The normalized spacial score (nSPS) is 13.5. The Hall–Kier alpha value is -2.18. The maximum absolute atomic E-state index is 13.2. The van der Waals surface area contributed by atoms with Gasteiger partial charge in [-0.05, 0) is 63.9 Å². The summed E-state index contributed by atoms with van der Waals surface area (Å²) in [6.45, 7) is 6.45. The van der Waals surface area contributed by atoms with Gasteiger partial charge >= 0.3 is 5.97 Å². The Morgan fingerprint density at radius 2 is 0.889 bits per heavy atom. The van der Waals surface area contributed by atoms with Crippen molar-refractivity contribution < 1.29 is 24.5 Å². The molecule has 3 N–H and O–H groups in total. The number of nitrogens with one attached hydrogen (secondary N) is 1. The third-order valence-electron chi connectivity index (χ3n) is 12.4. The van der Waals surface area contributed by atoms with Crippen LogP contribution in [0, 0.1) is 0 Å². The molecule has 0 aliphatic heterocycles. The molecule has 0 aliphatic rings. The highest BCUT2D eigenvalue weighted by atomic mass is 16.5. The number of rotatable bonds is 49. The summed E-state index contributed by atoms with van der Waals surface area (Å²) >= 11 is 0. The van der Waals surface area contributed by atoms with Gasteiger partial charge in [-0.2, -0.15) is 0 Å². The Kier molecular flexibility index (Phi) is 49.1. The Bertz CT molecular complexity index is 1080. The van der Waals surface area contributed by atoms with E-state index in [0.29, 0.717) is 19.3 Å². The molecule has 0 aromatic rings. The number of allylic oxidation sites excluding steroid dienone is 7. The lowest BCUT2D eigenvalue weighted by Crippen LogP contribution is -2.46. The second-order valence-electron chi connectivity index (χ2n) is 18.7. The molecule has 0 saturated carbocycles. The summed E-state index contributed by atoms with van der Waals surface area (Å²) in [5, 5.41) is 23.7. The fraction of sp³-hybridized carbons (Fsp3) is 0.825. The summed E-state index contributed by atoms with van der Waals surface area (Å²) in [5.74, 6) is -0.613. The van der Waals surface area contributed by atoms with E-state index < -0.39 is 18.2 Å². The van der Waals surface area contributed by atoms with Gasteiger partial charge in [0.15, 0.2) is 0 Å². The molecule has 63 heavy (non-hydrogen) atoms. The van der Waals surface area contributed by atoms with E-state index in [1.165, 1.54) is 167 Å². The summed E-state index contributed by atoms with van der Waals surface area (Å²) in [7, 11) is 0. The van der Waals surface area contributed by atoms with E-state index in [1.807, 2.05) is 12.2 Å². The number of esters is 1. The van der Waals surface area contributed by atoms with Gasteiger partial charge in [-0.1, -0.05) is 250 Å². The maximum Gasteiger partial charge on any atom is 0.306 e. The van der Waals surface area contributed by atoms with Crippen molar-refractivity contribution in [1.29, 1.82) is 0 Å². The lowest BCUT2D eigenvalue weighted by Gasteiger charge is -2.23. The molecule has 0 saturated heterocycles. The number of aliphatic hydroxyl groups excluding tert-OH is 2. The van der Waals surface area contributed by atoms with Gasteiger partial charge < -0.3 is 20.3 Å². The number of amides is 1. The van der Waals surface area contributed by atoms with Gasteiger partial charge in [0, 0.05) is 6.42 Å². The highest BCUT2D eigenvalue weighted by molar-refractivity contribution is 5.78. The standard InChI is InChI=1S/C57H105NO5/c1-4-7-10-13-16-19-22-24-26-27-28-30-32-35-38-41-44-47-50-57(62)63-53(48-45-42-39-36-33-21-18-15-12-9-6-3)51-56(61)58-54(52-59)55(60)49-46-43-40-37-34-31-29-25-23-20-17-14-11-8-5-2/h26-28,30,36,39,45,48,53-55,59-60H,4-25,29,31-35,37-38,40-44,46-47,49-52H2,1-3H3,(H,58,61)/b27-26+,30-28+,39-36-,48-45+. The number of unbranched alkanes of at least 4 members (excludes halogenated alkanes) is 32. The van der Waals surface area contributed by atoms with Crippen molar-refractivity contribution in [3.63, 3.8) is 0 Å². The first-order valence-corrected chi connectivity index (χ1v) is 27.4. The highest BCUT2D eigenvalue weighted by Crippen LogP contribution is 2.16. The van der Waals surface area contributed by atoms with E-state index in [-0.39, 0.29) is 24.9 Å². The minimum atomic E-state index is -0.813. The Balaban J connectivity index is 4.57. The van der Waals surface area contributed by atoms with Crippen molar-refractivity contribution in [3.8, 4) is 0 Å². The highest BCUT2D eigenvalue weighted by Gasteiger charge is 2.23. The SMILES string of the molecule is CCCCCCCC/C=C\C/C=C/C(CC(=O)NC(CO)C(O)CCCCCCCCCCCCCCCCC)OC(=O)CCCCCCC/C=C/C=C/CCCCCCCCC. The molecule has 0 heterocycles. The lowest BCUT2D eigenvalue weighted by molar-refractivity contribution is -0.148. The second kappa shape index (κ2) is 50.8. The van der Waals surface area contributed by atoms with Crippen molar-refractivity contribution >= 4 is 11.9 Å². The fourth-order valence-corrected chi connectivity index (χ4v) is 8.21. The molecule has 3 unspecified atom stereocenters. The fourth-order valence-electron chi connectivity index (χ4n) is 8.21. The second-order valence-corrected chi connectivity index (χ2v) is 18.7. The Morgan fingerprint density at radius 1 is 0.492 bits per heavy atom. The molecule has 6 nitrogen and oxygen atoms in total. The van der Waals surface area contributed by atoms with Crippen molar-refractivity contribution in [1.82, 2.24) is 5.32 Å². The van der Waals surface area contributed by atoms with E-state index in [9.17, 15) is 19.8 Å². The van der Waals surface area contributed by atoms with Crippen LogP contribution in [0.2, 0.25) is 0 Å². The van der Waals surface area contributed by atoms with E-state index in [1.54, 1.807) is 0 Å². The van der Waals surface area contributed by atoms with Crippen molar-refractivity contribution in [2.75, 3.05) is 6.61 Å². The third-order valence-corrected chi connectivity index (χ3v) is 12.4. The molecule has 0 spiro atoms. The van der Waals surface area contributed by atoms with Crippen LogP contribution >= 0.6 is 0 Å². The van der Waals surface area contributed by atoms with Gasteiger partial charge in [0.1, 0.15) is 6.10 Å². The van der Waals surface area contributed by atoms with Crippen LogP contribution in [-0.4, -0.2) is 46.9 Å². The summed E-state index contributed by atoms with van der Waals surface area (Å²) in [6, 6.07) is -0.735. The van der Waals surface area contributed by atoms with Crippen LogP contribution in [0.4, 0.5) is 0 Å². The van der Waals surface area contributed by atoms with Gasteiger partial charge in [-0.15, -0.1) is 0 Å².